The maximum absolute atomic E-state index is 11.5. The Labute approximate surface area is 86.7 Å². The molecule has 0 radical (unpaired) electrons. The highest BCUT2D eigenvalue weighted by Gasteiger charge is 2.22. The molecule has 0 rings (SSSR count). The number of aliphatic hydroxyl groups excluding tert-OH is 1. The molecule has 0 saturated heterocycles. The van der Waals surface area contributed by atoms with Gasteiger partial charge in [0.15, 0.2) is 5.78 Å². The summed E-state index contributed by atoms with van der Waals surface area (Å²) in [6.07, 6.45) is 1.85. The molecule has 2 heteroatoms. The van der Waals surface area contributed by atoms with E-state index in [9.17, 15) is 9.90 Å². The largest absolute Gasteiger partial charge is 0.385 e. The third-order valence-electron chi connectivity index (χ3n) is 2.50. The minimum absolute atomic E-state index is 0.0681. The second-order valence-electron chi connectivity index (χ2n) is 3.41. The number of hydrogen-bond donors (Lipinski definition) is 1. The molecule has 0 amide bonds. The van der Waals surface area contributed by atoms with Crippen molar-refractivity contribution in [2.24, 2.45) is 5.92 Å². The van der Waals surface area contributed by atoms with Gasteiger partial charge in [-0.1, -0.05) is 26.7 Å². The van der Waals surface area contributed by atoms with Crippen LogP contribution in [0.2, 0.25) is 0 Å². The number of rotatable bonds is 6. The lowest BCUT2D eigenvalue weighted by atomic mass is 9.92. The predicted octanol–water partition coefficient (Wildman–Crippen LogP) is 2.16. The molecule has 0 aromatic heterocycles. The summed E-state index contributed by atoms with van der Waals surface area (Å²) in [5.41, 5.74) is 0. The Bertz CT molecular complexity index is 218. The van der Waals surface area contributed by atoms with Gasteiger partial charge < -0.3 is 5.11 Å². The van der Waals surface area contributed by atoms with Crippen LogP contribution in [0.15, 0.2) is 0 Å². The van der Waals surface area contributed by atoms with Gasteiger partial charge in [-0.2, -0.15) is 0 Å². The van der Waals surface area contributed by atoms with Crippen molar-refractivity contribution in [3.05, 3.63) is 0 Å². The molecule has 14 heavy (non-hydrogen) atoms. The minimum Gasteiger partial charge on any atom is -0.385 e. The molecule has 0 heterocycles. The van der Waals surface area contributed by atoms with E-state index in [2.05, 4.69) is 11.8 Å². The molecule has 1 atom stereocenters. The molecule has 0 bridgehead atoms. The SMILES string of the molecule is CC#CCCC(=O)C(O)C(CC)CC. The molecule has 1 N–H and O–H groups in total. The highest BCUT2D eigenvalue weighted by molar-refractivity contribution is 5.83. The lowest BCUT2D eigenvalue weighted by molar-refractivity contribution is -0.129. The van der Waals surface area contributed by atoms with E-state index < -0.39 is 6.10 Å². The fraction of sp³-hybridized carbons (Fsp3) is 0.750. The molecule has 0 aromatic rings. The van der Waals surface area contributed by atoms with Crippen LogP contribution in [0.25, 0.3) is 0 Å². The standard InChI is InChI=1S/C12H20O2/c1-4-7-8-9-11(13)12(14)10(5-2)6-3/h10,12,14H,5-6,8-9H2,1-3H3. The van der Waals surface area contributed by atoms with Crippen molar-refractivity contribution in [3.8, 4) is 11.8 Å². The van der Waals surface area contributed by atoms with Crippen LogP contribution in [0.5, 0.6) is 0 Å². The first kappa shape index (κ1) is 13.2. The molecule has 2 nitrogen and oxygen atoms in total. The second kappa shape index (κ2) is 7.58. The molecule has 0 saturated carbocycles. The first-order valence-electron chi connectivity index (χ1n) is 5.27. The van der Waals surface area contributed by atoms with E-state index in [1.165, 1.54) is 0 Å². The van der Waals surface area contributed by atoms with Gasteiger partial charge in [0.2, 0.25) is 0 Å². The lowest BCUT2D eigenvalue weighted by Gasteiger charge is -2.18. The quantitative estimate of drug-likeness (QED) is 0.661. The van der Waals surface area contributed by atoms with Gasteiger partial charge in [0.25, 0.3) is 0 Å². The molecule has 0 fully saturated rings. The average Bonchev–Trinajstić information content (AvgIpc) is 2.19. The van der Waals surface area contributed by atoms with Gasteiger partial charge >= 0.3 is 0 Å². The van der Waals surface area contributed by atoms with Crippen molar-refractivity contribution in [2.75, 3.05) is 0 Å². The third kappa shape index (κ3) is 4.43. The van der Waals surface area contributed by atoms with Crippen LogP contribution in [-0.4, -0.2) is 17.0 Å². The first-order valence-corrected chi connectivity index (χ1v) is 5.27. The number of ketones is 1. The highest BCUT2D eigenvalue weighted by Crippen LogP contribution is 2.15. The fourth-order valence-electron chi connectivity index (χ4n) is 1.46. The summed E-state index contributed by atoms with van der Waals surface area (Å²) in [5, 5.41) is 9.68. The Morgan fingerprint density at radius 2 is 1.93 bits per heavy atom. The van der Waals surface area contributed by atoms with Crippen molar-refractivity contribution in [3.63, 3.8) is 0 Å². The van der Waals surface area contributed by atoms with Gasteiger partial charge in [-0.15, -0.1) is 11.8 Å². The van der Waals surface area contributed by atoms with Crippen LogP contribution >= 0.6 is 0 Å². The van der Waals surface area contributed by atoms with Crippen molar-refractivity contribution in [1.82, 2.24) is 0 Å². The molecule has 0 spiro atoms. The Balaban J connectivity index is 4.01. The van der Waals surface area contributed by atoms with Gasteiger partial charge in [-0.05, 0) is 12.8 Å². The smallest absolute Gasteiger partial charge is 0.162 e. The van der Waals surface area contributed by atoms with Gasteiger partial charge in [0, 0.05) is 12.8 Å². The average molecular weight is 196 g/mol. The predicted molar refractivity (Wildman–Crippen MR) is 57.8 cm³/mol. The molecular formula is C12H20O2. The Morgan fingerprint density at radius 1 is 1.36 bits per heavy atom. The van der Waals surface area contributed by atoms with E-state index in [0.717, 1.165) is 12.8 Å². The van der Waals surface area contributed by atoms with Gasteiger partial charge in [0.1, 0.15) is 6.10 Å². The number of aliphatic hydroxyl groups is 1. The maximum Gasteiger partial charge on any atom is 0.162 e. The zero-order valence-corrected chi connectivity index (χ0v) is 9.34. The van der Waals surface area contributed by atoms with E-state index >= 15 is 0 Å². The van der Waals surface area contributed by atoms with Gasteiger partial charge in [0.05, 0.1) is 0 Å². The highest BCUT2D eigenvalue weighted by atomic mass is 16.3. The molecule has 0 aliphatic rings. The summed E-state index contributed by atoms with van der Waals surface area (Å²) in [6.45, 7) is 5.74. The van der Waals surface area contributed by atoms with E-state index in [0.29, 0.717) is 12.8 Å². The van der Waals surface area contributed by atoms with Crippen molar-refractivity contribution in [1.29, 1.82) is 0 Å². The minimum atomic E-state index is -0.788. The van der Waals surface area contributed by atoms with E-state index in [-0.39, 0.29) is 11.7 Å². The third-order valence-corrected chi connectivity index (χ3v) is 2.50. The fourth-order valence-corrected chi connectivity index (χ4v) is 1.46. The summed E-state index contributed by atoms with van der Waals surface area (Å²) in [5.74, 6) is 5.60. The Kier molecular flexibility index (Phi) is 7.14. The molecule has 0 aliphatic carbocycles. The molecular weight excluding hydrogens is 176 g/mol. The summed E-state index contributed by atoms with van der Waals surface area (Å²) in [6, 6.07) is 0. The van der Waals surface area contributed by atoms with Crippen LogP contribution in [0.1, 0.15) is 46.5 Å². The lowest BCUT2D eigenvalue weighted by Crippen LogP contribution is -2.28. The van der Waals surface area contributed by atoms with Crippen molar-refractivity contribution in [2.45, 2.75) is 52.6 Å². The summed E-state index contributed by atoms with van der Waals surface area (Å²) in [4.78, 5) is 11.5. The molecule has 80 valence electrons. The molecule has 0 aliphatic heterocycles. The summed E-state index contributed by atoms with van der Waals surface area (Å²) >= 11 is 0. The summed E-state index contributed by atoms with van der Waals surface area (Å²) < 4.78 is 0. The second-order valence-corrected chi connectivity index (χ2v) is 3.41. The van der Waals surface area contributed by atoms with Crippen molar-refractivity contribution >= 4 is 5.78 Å². The van der Waals surface area contributed by atoms with Crippen molar-refractivity contribution < 1.29 is 9.90 Å². The zero-order valence-electron chi connectivity index (χ0n) is 9.34. The normalized spacial score (nSPS) is 12.1. The van der Waals surface area contributed by atoms with Crippen LogP contribution in [0, 0.1) is 17.8 Å². The number of Topliss-reactive ketones (excluding diaryl/α,β-unsaturated/α-hetero) is 1. The van der Waals surface area contributed by atoms with Gasteiger partial charge in [-0.3, -0.25) is 4.79 Å². The van der Waals surface area contributed by atoms with Crippen LogP contribution in [0.4, 0.5) is 0 Å². The van der Waals surface area contributed by atoms with Crippen LogP contribution in [-0.2, 0) is 4.79 Å². The van der Waals surface area contributed by atoms with E-state index in [1.54, 1.807) is 6.92 Å². The molecule has 1 unspecified atom stereocenters. The molecule has 0 aromatic carbocycles. The van der Waals surface area contributed by atoms with Crippen LogP contribution in [0.3, 0.4) is 0 Å². The monoisotopic (exact) mass is 196 g/mol. The number of hydrogen-bond acceptors (Lipinski definition) is 2. The zero-order chi connectivity index (χ0) is 11.0. The number of carbonyl (C=O) groups excluding carboxylic acids is 1. The topological polar surface area (TPSA) is 37.3 Å². The number of carbonyl (C=O) groups is 1. The van der Waals surface area contributed by atoms with Crippen LogP contribution < -0.4 is 0 Å². The van der Waals surface area contributed by atoms with E-state index in [1.807, 2.05) is 13.8 Å². The summed E-state index contributed by atoms with van der Waals surface area (Å²) in [7, 11) is 0. The Hall–Kier alpha value is -0.810. The first-order chi connectivity index (χ1) is 6.67. The van der Waals surface area contributed by atoms with E-state index in [4.69, 9.17) is 0 Å². The van der Waals surface area contributed by atoms with Gasteiger partial charge in [-0.25, -0.2) is 0 Å². The Morgan fingerprint density at radius 3 is 2.36 bits per heavy atom. The maximum atomic E-state index is 11.5.